The fourth-order valence-corrected chi connectivity index (χ4v) is 4.01. The number of carboxylic acid groups (broad SMARTS) is 1. The molecule has 0 aliphatic carbocycles. The average molecular weight is 389 g/mol. The fourth-order valence-electron chi connectivity index (χ4n) is 3.13. The first-order valence-corrected chi connectivity index (χ1v) is 9.64. The normalized spacial score (nSPS) is 17.3. The summed E-state index contributed by atoms with van der Waals surface area (Å²) in [6.07, 6.45) is -0.207. The Morgan fingerprint density at radius 3 is 2.93 bits per heavy atom. The Kier molecular flexibility index (Phi) is 6.20. The average Bonchev–Trinajstić information content (AvgIpc) is 3.10. The van der Waals surface area contributed by atoms with E-state index in [4.69, 9.17) is 9.84 Å². The number of ether oxygens (including phenoxy) is 1. The molecule has 1 atom stereocenters. The van der Waals surface area contributed by atoms with Crippen LogP contribution in [0.15, 0.2) is 29.6 Å². The molecule has 0 radical (unpaired) electrons. The second-order valence-electron chi connectivity index (χ2n) is 6.69. The Balaban J connectivity index is 1.65. The first-order chi connectivity index (χ1) is 12.9. The van der Waals surface area contributed by atoms with Gasteiger partial charge < -0.3 is 14.7 Å². The highest BCUT2D eigenvalue weighted by atomic mass is 32.1. The molecule has 144 valence electrons. The molecule has 1 aliphatic heterocycles. The molecule has 0 spiro atoms. The minimum atomic E-state index is -0.882. The van der Waals surface area contributed by atoms with Crippen molar-refractivity contribution in [2.75, 3.05) is 39.8 Å². The van der Waals surface area contributed by atoms with Crippen LogP contribution in [0.25, 0.3) is 10.6 Å². The molecule has 1 unspecified atom stereocenters. The van der Waals surface area contributed by atoms with E-state index in [0.29, 0.717) is 31.9 Å². The number of aryl methyl sites for hydroxylation is 1. The molecule has 2 aromatic rings. The van der Waals surface area contributed by atoms with Gasteiger partial charge in [0, 0.05) is 30.6 Å². The lowest BCUT2D eigenvalue weighted by Crippen LogP contribution is -2.49. The van der Waals surface area contributed by atoms with Gasteiger partial charge in [-0.1, -0.05) is 24.3 Å². The van der Waals surface area contributed by atoms with Crippen molar-refractivity contribution in [3.63, 3.8) is 0 Å². The molecular weight excluding hydrogens is 366 g/mol. The van der Waals surface area contributed by atoms with E-state index in [9.17, 15) is 9.59 Å². The summed E-state index contributed by atoms with van der Waals surface area (Å²) >= 11 is 1.46. The number of morpholine rings is 1. The fraction of sp³-hybridized carbons (Fsp3) is 0.421. The number of amides is 1. The van der Waals surface area contributed by atoms with E-state index in [1.54, 1.807) is 22.2 Å². The SMILES string of the molecule is Cc1ccccc1-c1nc(C(=O)N2CCOC(CN(C)CC(=O)O)C2)cs1. The molecule has 1 fully saturated rings. The summed E-state index contributed by atoms with van der Waals surface area (Å²) in [7, 11) is 1.73. The second kappa shape index (κ2) is 8.60. The topological polar surface area (TPSA) is 83.0 Å². The first kappa shape index (κ1) is 19.5. The number of benzene rings is 1. The third-order valence-corrected chi connectivity index (χ3v) is 5.32. The smallest absolute Gasteiger partial charge is 0.317 e. The Morgan fingerprint density at radius 2 is 2.19 bits per heavy atom. The number of carbonyl (C=O) groups is 2. The number of rotatable bonds is 6. The Morgan fingerprint density at radius 1 is 1.41 bits per heavy atom. The zero-order chi connectivity index (χ0) is 19.4. The van der Waals surface area contributed by atoms with Gasteiger partial charge in [0.15, 0.2) is 0 Å². The Hall–Kier alpha value is -2.29. The molecule has 1 aromatic heterocycles. The van der Waals surface area contributed by atoms with Crippen LogP contribution in [0.4, 0.5) is 0 Å². The molecule has 27 heavy (non-hydrogen) atoms. The summed E-state index contributed by atoms with van der Waals surface area (Å²) in [6, 6.07) is 7.98. The minimum absolute atomic E-state index is 0.0559. The summed E-state index contributed by atoms with van der Waals surface area (Å²) in [5, 5.41) is 11.5. The number of carboxylic acids is 1. The van der Waals surface area contributed by atoms with Crippen LogP contribution >= 0.6 is 11.3 Å². The van der Waals surface area contributed by atoms with Gasteiger partial charge in [-0.25, -0.2) is 4.98 Å². The van der Waals surface area contributed by atoms with Crippen LogP contribution in [-0.4, -0.2) is 77.7 Å². The highest BCUT2D eigenvalue weighted by Gasteiger charge is 2.27. The zero-order valence-corrected chi connectivity index (χ0v) is 16.2. The van der Waals surface area contributed by atoms with Crippen LogP contribution in [0.3, 0.4) is 0 Å². The van der Waals surface area contributed by atoms with Crippen molar-refractivity contribution in [3.05, 3.63) is 40.9 Å². The predicted octanol–water partition coefficient (Wildman–Crippen LogP) is 1.98. The van der Waals surface area contributed by atoms with Gasteiger partial charge in [0.2, 0.25) is 0 Å². The molecule has 1 amide bonds. The molecule has 1 saturated heterocycles. The van der Waals surface area contributed by atoms with Crippen molar-refractivity contribution in [1.82, 2.24) is 14.8 Å². The molecule has 1 aromatic carbocycles. The van der Waals surface area contributed by atoms with E-state index >= 15 is 0 Å². The molecule has 0 saturated carbocycles. The maximum absolute atomic E-state index is 12.8. The summed E-state index contributed by atoms with van der Waals surface area (Å²) < 4.78 is 5.69. The van der Waals surface area contributed by atoms with Gasteiger partial charge in [0.05, 0.1) is 19.3 Å². The van der Waals surface area contributed by atoms with Crippen molar-refractivity contribution in [2.24, 2.45) is 0 Å². The van der Waals surface area contributed by atoms with Gasteiger partial charge in [-0.3, -0.25) is 14.5 Å². The van der Waals surface area contributed by atoms with Gasteiger partial charge in [-0.15, -0.1) is 11.3 Å². The number of carbonyl (C=O) groups excluding carboxylic acids is 1. The van der Waals surface area contributed by atoms with Crippen molar-refractivity contribution in [1.29, 1.82) is 0 Å². The zero-order valence-electron chi connectivity index (χ0n) is 15.4. The van der Waals surface area contributed by atoms with Crippen LogP contribution < -0.4 is 0 Å². The molecule has 2 heterocycles. The van der Waals surface area contributed by atoms with Crippen LogP contribution in [-0.2, 0) is 9.53 Å². The largest absolute Gasteiger partial charge is 0.480 e. The number of nitrogens with zero attached hydrogens (tertiary/aromatic N) is 3. The van der Waals surface area contributed by atoms with Crippen LogP contribution in [0, 0.1) is 6.92 Å². The molecule has 3 rings (SSSR count). The van der Waals surface area contributed by atoms with Crippen molar-refractivity contribution in [2.45, 2.75) is 13.0 Å². The monoisotopic (exact) mass is 389 g/mol. The van der Waals surface area contributed by atoms with Gasteiger partial charge in [0.25, 0.3) is 5.91 Å². The quantitative estimate of drug-likeness (QED) is 0.813. The number of hydrogen-bond acceptors (Lipinski definition) is 6. The van der Waals surface area contributed by atoms with Gasteiger partial charge in [-0.2, -0.15) is 0 Å². The maximum atomic E-state index is 12.8. The van der Waals surface area contributed by atoms with Crippen molar-refractivity contribution in [3.8, 4) is 10.6 Å². The van der Waals surface area contributed by atoms with Crippen LogP contribution in [0.1, 0.15) is 16.1 Å². The lowest BCUT2D eigenvalue weighted by molar-refractivity contribution is -0.138. The molecule has 8 heteroatoms. The minimum Gasteiger partial charge on any atom is -0.480 e. The lowest BCUT2D eigenvalue weighted by Gasteiger charge is -2.34. The third-order valence-electron chi connectivity index (χ3n) is 4.45. The number of aromatic nitrogens is 1. The molecule has 1 aliphatic rings. The summed E-state index contributed by atoms with van der Waals surface area (Å²) in [4.78, 5) is 31.6. The Bertz CT molecular complexity index is 823. The third kappa shape index (κ3) is 4.91. The first-order valence-electron chi connectivity index (χ1n) is 8.77. The maximum Gasteiger partial charge on any atom is 0.317 e. The van der Waals surface area contributed by atoms with Gasteiger partial charge in [0.1, 0.15) is 10.7 Å². The summed E-state index contributed by atoms with van der Waals surface area (Å²) in [5.41, 5.74) is 2.60. The summed E-state index contributed by atoms with van der Waals surface area (Å²) in [5.74, 6) is -0.993. The number of thiazole rings is 1. The number of hydrogen-bond donors (Lipinski definition) is 1. The van der Waals surface area contributed by atoms with E-state index in [0.717, 1.165) is 16.1 Å². The van der Waals surface area contributed by atoms with Crippen molar-refractivity contribution < 1.29 is 19.4 Å². The van der Waals surface area contributed by atoms with Gasteiger partial charge in [-0.05, 0) is 19.5 Å². The standard InChI is InChI=1S/C19H23N3O4S/c1-13-5-3-4-6-15(13)18-20-16(12-27-18)19(25)22-7-8-26-14(10-22)9-21(2)11-17(23)24/h3-6,12,14H,7-11H2,1-2H3,(H,23,24). The molecular formula is C19H23N3O4S. The molecule has 1 N–H and O–H groups in total. The van der Waals surface area contributed by atoms with Crippen LogP contribution in [0.2, 0.25) is 0 Å². The van der Waals surface area contributed by atoms with E-state index in [2.05, 4.69) is 4.98 Å². The second-order valence-corrected chi connectivity index (χ2v) is 7.55. The molecule has 7 nitrogen and oxygen atoms in total. The lowest BCUT2D eigenvalue weighted by atomic mass is 10.1. The van der Waals surface area contributed by atoms with Crippen molar-refractivity contribution >= 4 is 23.2 Å². The Labute approximate surface area is 162 Å². The van der Waals surface area contributed by atoms with Crippen LogP contribution in [0.5, 0.6) is 0 Å². The summed E-state index contributed by atoms with van der Waals surface area (Å²) in [6.45, 7) is 3.81. The molecule has 0 bridgehead atoms. The van der Waals surface area contributed by atoms with E-state index < -0.39 is 5.97 Å². The highest BCUT2D eigenvalue weighted by molar-refractivity contribution is 7.13. The predicted molar refractivity (Wildman–Crippen MR) is 103 cm³/mol. The van der Waals surface area contributed by atoms with Gasteiger partial charge >= 0.3 is 5.97 Å². The van der Waals surface area contributed by atoms with E-state index in [1.165, 1.54) is 11.3 Å². The van der Waals surface area contributed by atoms with E-state index in [-0.39, 0.29) is 18.6 Å². The highest BCUT2D eigenvalue weighted by Crippen LogP contribution is 2.27. The number of likely N-dealkylation sites (N-methyl/N-ethyl adjacent to an activating group) is 1. The number of aliphatic carboxylic acids is 1. The van der Waals surface area contributed by atoms with E-state index in [1.807, 2.05) is 31.2 Å².